The molecule has 4 aromatic rings. The Morgan fingerprint density at radius 3 is 2.32 bits per heavy atom. The SMILES string of the molecule is CCOc1ccc2c(c1)c(=O)c(C(=O)c1ccc(C)cc1)cn2CC(=O)Nc1ccc(OC)c(OC)c1. The maximum absolute atomic E-state index is 13.4. The van der Waals surface area contributed by atoms with Crippen LogP contribution in [-0.2, 0) is 11.3 Å². The Hall–Kier alpha value is -4.59. The van der Waals surface area contributed by atoms with Gasteiger partial charge in [0, 0.05) is 23.5 Å². The third-order valence-corrected chi connectivity index (χ3v) is 5.90. The minimum Gasteiger partial charge on any atom is -0.494 e. The summed E-state index contributed by atoms with van der Waals surface area (Å²) in [6.45, 7) is 4.06. The summed E-state index contributed by atoms with van der Waals surface area (Å²) in [4.78, 5) is 39.8. The smallest absolute Gasteiger partial charge is 0.244 e. The average molecular weight is 501 g/mol. The van der Waals surface area contributed by atoms with Crippen LogP contribution >= 0.6 is 0 Å². The number of carbonyl (C=O) groups excluding carboxylic acids is 2. The predicted octanol–water partition coefficient (Wildman–Crippen LogP) is 4.60. The molecule has 1 aromatic heterocycles. The maximum Gasteiger partial charge on any atom is 0.244 e. The zero-order valence-electron chi connectivity index (χ0n) is 21.2. The molecule has 4 rings (SSSR count). The molecule has 0 atom stereocenters. The first-order valence-electron chi connectivity index (χ1n) is 11.8. The molecule has 0 aliphatic carbocycles. The van der Waals surface area contributed by atoms with E-state index in [0.29, 0.717) is 46.0 Å². The standard InChI is InChI=1S/C29H28N2O6/c1-5-37-21-11-12-24-22(15-21)29(34)23(28(33)19-8-6-18(2)7-9-19)16-31(24)17-27(32)30-20-10-13-25(35-3)26(14-20)36-4/h6-16H,5,17H2,1-4H3,(H,30,32). The van der Waals surface area contributed by atoms with Crippen LogP contribution in [0.15, 0.2) is 71.7 Å². The fraction of sp³-hybridized carbons (Fsp3) is 0.207. The van der Waals surface area contributed by atoms with Crippen molar-refractivity contribution < 1.29 is 23.8 Å². The van der Waals surface area contributed by atoms with E-state index < -0.39 is 11.2 Å². The highest BCUT2D eigenvalue weighted by molar-refractivity contribution is 6.10. The number of nitrogens with one attached hydrogen (secondary N) is 1. The molecule has 1 heterocycles. The van der Waals surface area contributed by atoms with Crippen molar-refractivity contribution in [2.24, 2.45) is 0 Å². The van der Waals surface area contributed by atoms with Crippen molar-refractivity contribution in [3.8, 4) is 17.2 Å². The van der Waals surface area contributed by atoms with E-state index in [1.165, 1.54) is 20.4 Å². The number of hydrogen-bond acceptors (Lipinski definition) is 6. The third kappa shape index (κ3) is 5.48. The number of amides is 1. The third-order valence-electron chi connectivity index (χ3n) is 5.90. The van der Waals surface area contributed by atoms with Crippen LogP contribution in [-0.4, -0.2) is 37.1 Å². The average Bonchev–Trinajstić information content (AvgIpc) is 2.90. The summed E-state index contributed by atoms with van der Waals surface area (Å²) in [6, 6.07) is 17.1. The Bertz CT molecular complexity index is 1520. The lowest BCUT2D eigenvalue weighted by Gasteiger charge is -2.15. The number of carbonyl (C=O) groups is 2. The van der Waals surface area contributed by atoms with Gasteiger partial charge < -0.3 is 24.1 Å². The van der Waals surface area contributed by atoms with Gasteiger partial charge in [-0.1, -0.05) is 29.8 Å². The number of rotatable bonds is 9. The number of ether oxygens (including phenoxy) is 3. The van der Waals surface area contributed by atoms with Gasteiger partial charge in [-0.2, -0.15) is 0 Å². The van der Waals surface area contributed by atoms with E-state index in [1.807, 2.05) is 26.0 Å². The highest BCUT2D eigenvalue weighted by atomic mass is 16.5. The van der Waals surface area contributed by atoms with E-state index in [1.54, 1.807) is 53.1 Å². The summed E-state index contributed by atoms with van der Waals surface area (Å²) in [5, 5.41) is 3.13. The fourth-order valence-electron chi connectivity index (χ4n) is 4.06. The Morgan fingerprint density at radius 2 is 1.65 bits per heavy atom. The van der Waals surface area contributed by atoms with E-state index in [4.69, 9.17) is 14.2 Å². The molecule has 0 unspecified atom stereocenters. The van der Waals surface area contributed by atoms with Crippen LogP contribution < -0.4 is 25.0 Å². The van der Waals surface area contributed by atoms with Crippen molar-refractivity contribution >= 4 is 28.3 Å². The molecule has 8 nitrogen and oxygen atoms in total. The summed E-state index contributed by atoms with van der Waals surface area (Å²) in [5.74, 6) is 0.760. The quantitative estimate of drug-likeness (QED) is 0.338. The van der Waals surface area contributed by atoms with Gasteiger partial charge in [-0.25, -0.2) is 0 Å². The number of ketones is 1. The van der Waals surface area contributed by atoms with Gasteiger partial charge in [-0.05, 0) is 44.2 Å². The molecule has 37 heavy (non-hydrogen) atoms. The minimum absolute atomic E-state index is 0.0241. The number of nitrogens with zero attached hydrogens (tertiary/aromatic N) is 1. The number of benzene rings is 3. The molecule has 0 aliphatic heterocycles. The molecular formula is C29H28N2O6. The van der Waals surface area contributed by atoms with Gasteiger partial charge in [0.1, 0.15) is 12.3 Å². The monoisotopic (exact) mass is 500 g/mol. The molecule has 0 fully saturated rings. The Morgan fingerprint density at radius 1 is 0.919 bits per heavy atom. The van der Waals surface area contributed by atoms with Crippen molar-refractivity contribution in [2.45, 2.75) is 20.4 Å². The van der Waals surface area contributed by atoms with Gasteiger partial charge in [0.05, 0.1) is 37.3 Å². The maximum atomic E-state index is 13.4. The predicted molar refractivity (Wildman–Crippen MR) is 142 cm³/mol. The van der Waals surface area contributed by atoms with E-state index >= 15 is 0 Å². The van der Waals surface area contributed by atoms with Gasteiger partial charge in [-0.15, -0.1) is 0 Å². The first kappa shape index (κ1) is 25.5. The molecule has 0 aliphatic rings. The number of aryl methyl sites for hydroxylation is 1. The molecule has 190 valence electrons. The van der Waals surface area contributed by atoms with E-state index in [9.17, 15) is 14.4 Å². The zero-order valence-corrected chi connectivity index (χ0v) is 21.2. The van der Waals surface area contributed by atoms with Crippen LogP contribution in [0.5, 0.6) is 17.2 Å². The van der Waals surface area contributed by atoms with Crippen LogP contribution in [0.2, 0.25) is 0 Å². The van der Waals surface area contributed by atoms with Crippen molar-refractivity contribution in [1.82, 2.24) is 4.57 Å². The number of pyridine rings is 1. The van der Waals surface area contributed by atoms with Crippen LogP contribution in [0.25, 0.3) is 10.9 Å². The van der Waals surface area contributed by atoms with Crippen LogP contribution in [0.3, 0.4) is 0 Å². The van der Waals surface area contributed by atoms with Gasteiger partial charge in [0.15, 0.2) is 17.3 Å². The van der Waals surface area contributed by atoms with Gasteiger partial charge in [-0.3, -0.25) is 14.4 Å². The second-order valence-corrected chi connectivity index (χ2v) is 8.42. The topological polar surface area (TPSA) is 95.9 Å². The van der Waals surface area contributed by atoms with Crippen molar-refractivity contribution in [3.63, 3.8) is 0 Å². The summed E-state index contributed by atoms with van der Waals surface area (Å²) in [5.41, 5.74) is 1.98. The van der Waals surface area contributed by atoms with Crippen LogP contribution in [0.4, 0.5) is 5.69 Å². The van der Waals surface area contributed by atoms with E-state index in [-0.39, 0.29) is 18.0 Å². The summed E-state index contributed by atoms with van der Waals surface area (Å²) >= 11 is 0. The normalized spacial score (nSPS) is 10.7. The second kappa shape index (κ2) is 11.0. The largest absolute Gasteiger partial charge is 0.494 e. The first-order valence-corrected chi connectivity index (χ1v) is 11.8. The highest BCUT2D eigenvalue weighted by Crippen LogP contribution is 2.30. The molecule has 0 saturated heterocycles. The van der Waals surface area contributed by atoms with Gasteiger partial charge >= 0.3 is 0 Å². The minimum atomic E-state index is -0.418. The lowest BCUT2D eigenvalue weighted by Crippen LogP contribution is -2.24. The Kier molecular flexibility index (Phi) is 7.57. The zero-order chi connectivity index (χ0) is 26.5. The van der Waals surface area contributed by atoms with Crippen LogP contribution in [0, 0.1) is 6.92 Å². The van der Waals surface area contributed by atoms with Gasteiger partial charge in [0.25, 0.3) is 0 Å². The number of anilines is 1. The first-order chi connectivity index (χ1) is 17.8. The van der Waals surface area contributed by atoms with E-state index in [0.717, 1.165) is 5.56 Å². The molecule has 0 saturated carbocycles. The molecule has 0 bridgehead atoms. The summed E-state index contributed by atoms with van der Waals surface area (Å²) in [7, 11) is 3.04. The number of fused-ring (bicyclic) bond motifs is 1. The second-order valence-electron chi connectivity index (χ2n) is 8.42. The molecule has 0 spiro atoms. The fourth-order valence-corrected chi connectivity index (χ4v) is 4.06. The van der Waals surface area contributed by atoms with E-state index in [2.05, 4.69) is 5.32 Å². The summed E-state index contributed by atoms with van der Waals surface area (Å²) in [6.07, 6.45) is 1.45. The van der Waals surface area contributed by atoms with Crippen molar-refractivity contribution in [2.75, 3.05) is 26.1 Å². The van der Waals surface area contributed by atoms with Crippen LogP contribution in [0.1, 0.15) is 28.4 Å². The lowest BCUT2D eigenvalue weighted by atomic mass is 10.0. The lowest BCUT2D eigenvalue weighted by molar-refractivity contribution is -0.116. The number of methoxy groups -OCH3 is 2. The Balaban J connectivity index is 1.74. The van der Waals surface area contributed by atoms with Crippen molar-refractivity contribution in [1.29, 1.82) is 0 Å². The molecular weight excluding hydrogens is 472 g/mol. The Labute approximate surface area is 214 Å². The molecule has 8 heteroatoms. The number of hydrogen-bond donors (Lipinski definition) is 1. The number of aromatic nitrogens is 1. The highest BCUT2D eigenvalue weighted by Gasteiger charge is 2.19. The molecule has 3 aromatic carbocycles. The van der Waals surface area contributed by atoms with Crippen molar-refractivity contribution in [3.05, 3.63) is 93.8 Å². The molecule has 1 amide bonds. The van der Waals surface area contributed by atoms with Gasteiger partial charge in [0.2, 0.25) is 11.3 Å². The summed E-state index contributed by atoms with van der Waals surface area (Å²) < 4.78 is 17.7. The molecule has 1 N–H and O–H groups in total. The molecule has 0 radical (unpaired) electrons.